The van der Waals surface area contributed by atoms with Crippen LogP contribution in [0.4, 0.5) is 17.1 Å². The molecule has 0 aliphatic rings. The third-order valence-corrected chi connectivity index (χ3v) is 9.62. The molecule has 0 unspecified atom stereocenters. The van der Waals surface area contributed by atoms with Crippen LogP contribution in [0.25, 0.3) is 53.2 Å². The van der Waals surface area contributed by atoms with Gasteiger partial charge in [0.15, 0.2) is 0 Å². The zero-order valence-corrected chi connectivity index (χ0v) is 25.4. The second-order valence-electron chi connectivity index (χ2n) is 11.2. The molecule has 9 aromatic rings. The van der Waals surface area contributed by atoms with Crippen LogP contribution in [0, 0.1) is 0 Å². The van der Waals surface area contributed by atoms with Crippen molar-refractivity contribution in [2.45, 2.75) is 0 Å². The Hall–Kier alpha value is -5.91. The van der Waals surface area contributed by atoms with Gasteiger partial charge in [-0.25, -0.2) is 0 Å². The summed E-state index contributed by atoms with van der Waals surface area (Å²) in [5.41, 5.74) is 7.28. The smallest absolute Gasteiger partial charge is 0.144 e. The third-order valence-electron chi connectivity index (χ3n) is 8.42. The highest BCUT2D eigenvalue weighted by Crippen LogP contribution is 2.50. The van der Waals surface area contributed by atoms with Crippen molar-refractivity contribution in [2.75, 3.05) is 4.90 Å². The van der Waals surface area contributed by atoms with Crippen molar-refractivity contribution in [3.63, 3.8) is 0 Å². The van der Waals surface area contributed by atoms with Crippen molar-refractivity contribution in [1.82, 2.24) is 4.98 Å². The Balaban J connectivity index is 1.28. The summed E-state index contributed by atoms with van der Waals surface area (Å²) in [6.45, 7) is 0. The molecule has 46 heavy (non-hydrogen) atoms. The highest BCUT2D eigenvalue weighted by atomic mass is 32.1. The summed E-state index contributed by atoms with van der Waals surface area (Å²) in [7, 11) is 0. The molecule has 0 atom stereocenters. The van der Waals surface area contributed by atoms with Gasteiger partial charge in [-0.2, -0.15) is 0 Å². The number of furan rings is 1. The van der Waals surface area contributed by atoms with Crippen LogP contribution < -0.4 is 9.64 Å². The molecule has 0 amide bonds. The zero-order chi connectivity index (χ0) is 30.5. The van der Waals surface area contributed by atoms with E-state index in [1.54, 1.807) is 11.3 Å². The lowest BCUT2D eigenvalue weighted by molar-refractivity contribution is 0.483. The maximum atomic E-state index is 6.58. The van der Waals surface area contributed by atoms with Crippen LogP contribution in [0.15, 0.2) is 162 Å². The topological polar surface area (TPSA) is 38.5 Å². The maximum absolute atomic E-state index is 6.58. The van der Waals surface area contributed by atoms with Crippen LogP contribution in [0.3, 0.4) is 0 Å². The van der Waals surface area contributed by atoms with Gasteiger partial charge in [-0.3, -0.25) is 4.98 Å². The first-order valence-electron chi connectivity index (χ1n) is 15.2. The molecule has 6 aromatic carbocycles. The minimum Gasteiger partial charge on any atom is -0.457 e. The average Bonchev–Trinajstić information content (AvgIpc) is 3.69. The number of ether oxygens (including phenoxy) is 1. The first kappa shape index (κ1) is 26.5. The fourth-order valence-corrected chi connectivity index (χ4v) is 7.48. The molecular formula is C41H26N2O2S. The van der Waals surface area contributed by atoms with Crippen LogP contribution in [0.1, 0.15) is 0 Å². The van der Waals surface area contributed by atoms with Gasteiger partial charge in [0, 0.05) is 50.0 Å². The van der Waals surface area contributed by atoms with Gasteiger partial charge in [-0.15, -0.1) is 11.3 Å². The molecule has 9 rings (SSSR count). The van der Waals surface area contributed by atoms with E-state index >= 15 is 0 Å². The Labute approximate surface area is 269 Å². The summed E-state index contributed by atoms with van der Waals surface area (Å²) in [5.74, 6) is 1.59. The van der Waals surface area contributed by atoms with Crippen molar-refractivity contribution in [2.24, 2.45) is 0 Å². The minimum absolute atomic E-state index is 0.784. The molecule has 0 bridgehead atoms. The molecule has 5 heteroatoms. The summed E-state index contributed by atoms with van der Waals surface area (Å²) in [6, 6.07) is 50.3. The van der Waals surface area contributed by atoms with E-state index in [-0.39, 0.29) is 0 Å². The van der Waals surface area contributed by atoms with Gasteiger partial charge in [-0.05, 0) is 90.0 Å². The monoisotopic (exact) mass is 610 g/mol. The van der Waals surface area contributed by atoms with Gasteiger partial charge in [0.25, 0.3) is 0 Å². The van der Waals surface area contributed by atoms with Crippen molar-refractivity contribution in [3.05, 3.63) is 158 Å². The summed E-state index contributed by atoms with van der Waals surface area (Å²) in [5, 5.41) is 4.55. The van der Waals surface area contributed by atoms with Gasteiger partial charge >= 0.3 is 0 Å². The molecule has 218 valence electrons. The molecular weight excluding hydrogens is 585 g/mol. The summed E-state index contributed by atoms with van der Waals surface area (Å²) in [6.07, 6.45) is 3.66. The van der Waals surface area contributed by atoms with Gasteiger partial charge < -0.3 is 14.1 Å². The molecule has 0 spiro atoms. The number of anilines is 3. The van der Waals surface area contributed by atoms with E-state index in [0.29, 0.717) is 0 Å². The second kappa shape index (κ2) is 10.9. The Morgan fingerprint density at radius 1 is 0.565 bits per heavy atom. The summed E-state index contributed by atoms with van der Waals surface area (Å²) >= 11 is 1.80. The molecule has 4 nitrogen and oxygen atoms in total. The number of para-hydroxylation sites is 2. The lowest BCUT2D eigenvalue weighted by Gasteiger charge is -2.26. The van der Waals surface area contributed by atoms with Gasteiger partial charge in [0.2, 0.25) is 0 Å². The number of hydrogen-bond acceptors (Lipinski definition) is 5. The number of thiophene rings is 1. The maximum Gasteiger partial charge on any atom is 0.144 e. The van der Waals surface area contributed by atoms with Crippen LogP contribution in [-0.4, -0.2) is 4.98 Å². The fraction of sp³-hybridized carbons (Fsp3) is 0. The van der Waals surface area contributed by atoms with E-state index < -0.39 is 0 Å². The Bertz CT molecular complexity index is 2480. The molecule has 0 saturated heterocycles. The average molecular weight is 611 g/mol. The van der Waals surface area contributed by atoms with Crippen LogP contribution in [0.2, 0.25) is 0 Å². The van der Waals surface area contributed by atoms with Crippen LogP contribution in [0.5, 0.6) is 11.5 Å². The standard InChI is InChI=1S/C41H26N2O2S/c1-2-8-31(9-3-1)44-32-20-18-30(19-21-32)43(29-16-14-27(15-17-29)28-22-24-42-25-23-28)36-26-35-33-10-4-6-12-37(33)45-40(35)39-34-11-5-7-13-38(34)46-41(36)39/h1-26H. The first-order valence-corrected chi connectivity index (χ1v) is 16.0. The van der Waals surface area contributed by atoms with Gasteiger partial charge in [0.1, 0.15) is 22.7 Å². The number of rotatable bonds is 6. The summed E-state index contributed by atoms with van der Waals surface area (Å²) in [4.78, 5) is 6.54. The fourth-order valence-electron chi connectivity index (χ4n) is 6.28. The zero-order valence-electron chi connectivity index (χ0n) is 24.6. The van der Waals surface area contributed by atoms with Crippen LogP contribution in [-0.2, 0) is 0 Å². The second-order valence-corrected chi connectivity index (χ2v) is 12.3. The molecule has 0 aliphatic heterocycles. The van der Waals surface area contributed by atoms with Crippen molar-refractivity contribution in [1.29, 1.82) is 0 Å². The summed E-state index contributed by atoms with van der Waals surface area (Å²) < 4.78 is 15.1. The van der Waals surface area contributed by atoms with Gasteiger partial charge in [-0.1, -0.05) is 66.7 Å². The van der Waals surface area contributed by atoms with Crippen molar-refractivity contribution < 1.29 is 9.15 Å². The number of fused-ring (bicyclic) bond motifs is 7. The predicted octanol–water partition coefficient (Wildman–Crippen LogP) is 12.3. The quantitative estimate of drug-likeness (QED) is 0.188. The van der Waals surface area contributed by atoms with Crippen molar-refractivity contribution >= 4 is 70.5 Å². The molecule has 0 saturated carbocycles. The lowest BCUT2D eigenvalue weighted by Crippen LogP contribution is -2.10. The number of nitrogens with zero attached hydrogens (tertiary/aromatic N) is 2. The highest BCUT2D eigenvalue weighted by Gasteiger charge is 2.23. The first-order chi connectivity index (χ1) is 22.8. The molecule has 0 N–H and O–H groups in total. The van der Waals surface area contributed by atoms with Crippen molar-refractivity contribution in [3.8, 4) is 22.6 Å². The van der Waals surface area contributed by atoms with E-state index in [2.05, 4.69) is 94.8 Å². The molecule has 0 aliphatic carbocycles. The molecule has 0 radical (unpaired) electrons. The SMILES string of the molecule is c1ccc(Oc2ccc(N(c3ccc(-c4ccncc4)cc3)c3cc4c5ccccc5oc4c4c3sc3ccccc34)cc2)cc1. The Morgan fingerprint density at radius 3 is 1.98 bits per heavy atom. The van der Waals surface area contributed by atoms with E-state index in [1.165, 1.54) is 14.8 Å². The highest BCUT2D eigenvalue weighted by molar-refractivity contribution is 7.26. The Morgan fingerprint density at radius 2 is 1.20 bits per heavy atom. The lowest BCUT2D eigenvalue weighted by atomic mass is 10.0. The van der Waals surface area contributed by atoms with Crippen LogP contribution >= 0.6 is 11.3 Å². The van der Waals surface area contributed by atoms with E-state index in [9.17, 15) is 0 Å². The Kier molecular flexibility index (Phi) is 6.28. The molecule has 3 heterocycles. The number of aromatic nitrogens is 1. The molecule has 0 fully saturated rings. The van der Waals surface area contributed by atoms with Gasteiger partial charge in [0.05, 0.1) is 10.4 Å². The largest absolute Gasteiger partial charge is 0.457 e. The third kappa shape index (κ3) is 4.48. The van der Waals surface area contributed by atoms with E-state index in [0.717, 1.165) is 67.0 Å². The predicted molar refractivity (Wildman–Crippen MR) is 191 cm³/mol. The minimum atomic E-state index is 0.784. The van der Waals surface area contributed by atoms with E-state index in [4.69, 9.17) is 9.15 Å². The number of benzene rings is 6. The number of pyridine rings is 1. The van der Waals surface area contributed by atoms with E-state index in [1.807, 2.05) is 73.1 Å². The molecule has 3 aromatic heterocycles. The normalized spacial score (nSPS) is 11.5. The number of hydrogen-bond donors (Lipinski definition) is 0.